The van der Waals surface area contributed by atoms with E-state index < -0.39 is 27.7 Å². The maximum absolute atomic E-state index is 10.6. The van der Waals surface area contributed by atoms with E-state index >= 15 is 0 Å². The Morgan fingerprint density at radius 3 is 2.47 bits per heavy atom. The first-order valence-corrected chi connectivity index (χ1v) is 5.23. The first-order valence-electron chi connectivity index (χ1n) is 3.49. The Balaban J connectivity index is 3.24. The van der Waals surface area contributed by atoms with Crippen LogP contribution in [0.5, 0.6) is 5.75 Å². The highest BCUT2D eigenvalue weighted by molar-refractivity contribution is 7.81. The molecule has 2 N–H and O–H groups in total. The number of carboxylic acids is 1. The third-order valence-corrected chi connectivity index (χ3v) is 1.99. The minimum atomic E-state index is -4.75. The Bertz CT molecular complexity index is 494. The van der Waals surface area contributed by atoms with Crippen LogP contribution in [0, 0.1) is 0 Å². The van der Waals surface area contributed by atoms with E-state index in [1.54, 1.807) is 0 Å². The third-order valence-electron chi connectivity index (χ3n) is 1.37. The van der Waals surface area contributed by atoms with E-state index in [1.165, 1.54) is 6.07 Å². The van der Waals surface area contributed by atoms with Gasteiger partial charge >= 0.3 is 16.4 Å². The molecule has 0 atom stereocenters. The van der Waals surface area contributed by atoms with Gasteiger partial charge in [0.25, 0.3) is 0 Å². The summed E-state index contributed by atoms with van der Waals surface area (Å²) in [5.74, 6) is -1.93. The summed E-state index contributed by atoms with van der Waals surface area (Å²) in [7, 11) is -4.75. The summed E-state index contributed by atoms with van der Waals surface area (Å²) >= 11 is 5.50. The fraction of sp³-hybridized carbons (Fsp3) is 0. The van der Waals surface area contributed by atoms with E-state index in [0.717, 1.165) is 12.1 Å². The molecule has 0 aromatic heterocycles. The summed E-state index contributed by atoms with van der Waals surface area (Å²) in [5.41, 5.74) is -0.458. The van der Waals surface area contributed by atoms with E-state index in [1.807, 2.05) is 0 Å². The number of carbonyl (C=O) groups is 1. The fourth-order valence-corrected chi connectivity index (χ4v) is 1.40. The molecule has 1 aromatic carbocycles. The van der Waals surface area contributed by atoms with Gasteiger partial charge in [0.1, 0.15) is 5.56 Å². The molecule has 6 nitrogen and oxygen atoms in total. The summed E-state index contributed by atoms with van der Waals surface area (Å²) in [6, 6.07) is 3.26. The second-order valence-corrected chi connectivity index (χ2v) is 3.92. The Hall–Kier alpha value is -1.31. The lowest BCUT2D eigenvalue weighted by molar-refractivity contribution is 0.0695. The first-order chi connectivity index (χ1) is 6.79. The maximum Gasteiger partial charge on any atom is 0.446 e. The topological polar surface area (TPSA) is 101 Å². The fourth-order valence-electron chi connectivity index (χ4n) is 0.855. The van der Waals surface area contributed by atoms with Gasteiger partial charge in [0.15, 0.2) is 5.75 Å². The molecule has 0 saturated heterocycles. The third kappa shape index (κ3) is 3.39. The second-order valence-electron chi connectivity index (χ2n) is 2.46. The Morgan fingerprint density at radius 1 is 1.40 bits per heavy atom. The van der Waals surface area contributed by atoms with Crippen LogP contribution in [0.2, 0.25) is 5.02 Å². The average molecular weight is 253 g/mol. The number of carboxylic acid groups (broad SMARTS) is 1. The van der Waals surface area contributed by atoms with Gasteiger partial charge in [-0.25, -0.2) is 4.79 Å². The van der Waals surface area contributed by atoms with Crippen molar-refractivity contribution in [1.29, 1.82) is 0 Å². The molecule has 8 heteroatoms. The van der Waals surface area contributed by atoms with Gasteiger partial charge < -0.3 is 9.29 Å². The average Bonchev–Trinajstić information content (AvgIpc) is 2.05. The molecular formula is C7H5ClO6S. The van der Waals surface area contributed by atoms with Crippen molar-refractivity contribution in [2.24, 2.45) is 0 Å². The van der Waals surface area contributed by atoms with E-state index in [4.69, 9.17) is 21.3 Å². The van der Waals surface area contributed by atoms with Crippen molar-refractivity contribution in [1.82, 2.24) is 0 Å². The zero-order chi connectivity index (χ0) is 11.6. The summed E-state index contributed by atoms with van der Waals surface area (Å²) in [5, 5.41) is 8.78. The Labute approximate surface area is 90.0 Å². The molecule has 0 fully saturated rings. The molecule has 0 spiro atoms. The van der Waals surface area contributed by atoms with Crippen LogP contribution in [-0.2, 0) is 10.4 Å². The van der Waals surface area contributed by atoms with E-state index in [9.17, 15) is 13.2 Å². The van der Waals surface area contributed by atoms with E-state index in [2.05, 4.69) is 4.18 Å². The largest absolute Gasteiger partial charge is 0.478 e. The molecular weight excluding hydrogens is 248 g/mol. The Kier molecular flexibility index (Phi) is 3.18. The van der Waals surface area contributed by atoms with E-state index in [-0.39, 0.29) is 5.02 Å². The van der Waals surface area contributed by atoms with Crippen molar-refractivity contribution >= 4 is 28.0 Å². The van der Waals surface area contributed by atoms with Gasteiger partial charge in [0.2, 0.25) is 0 Å². The predicted molar refractivity (Wildman–Crippen MR) is 50.6 cm³/mol. The van der Waals surface area contributed by atoms with Crippen molar-refractivity contribution in [3.8, 4) is 5.75 Å². The Morgan fingerprint density at radius 2 is 2.00 bits per heavy atom. The van der Waals surface area contributed by atoms with Crippen molar-refractivity contribution in [3.05, 3.63) is 28.8 Å². The molecule has 0 unspecified atom stereocenters. The molecule has 0 bridgehead atoms. The number of aromatic carboxylic acids is 1. The van der Waals surface area contributed by atoms with Crippen LogP contribution < -0.4 is 4.18 Å². The van der Waals surface area contributed by atoms with Gasteiger partial charge in [0, 0.05) is 5.02 Å². The highest BCUT2D eigenvalue weighted by Crippen LogP contribution is 2.23. The van der Waals surface area contributed by atoms with Gasteiger partial charge in [-0.3, -0.25) is 4.55 Å². The van der Waals surface area contributed by atoms with Crippen LogP contribution in [-0.4, -0.2) is 24.0 Å². The molecule has 0 radical (unpaired) electrons. The van der Waals surface area contributed by atoms with Gasteiger partial charge in [-0.15, -0.1) is 0 Å². The smallest absolute Gasteiger partial charge is 0.446 e. The van der Waals surface area contributed by atoms with Gasteiger partial charge in [-0.1, -0.05) is 11.6 Å². The normalized spacial score (nSPS) is 11.1. The minimum Gasteiger partial charge on any atom is -0.478 e. The number of benzene rings is 1. The first kappa shape index (κ1) is 11.8. The van der Waals surface area contributed by atoms with Crippen LogP contribution in [0.15, 0.2) is 18.2 Å². The molecule has 0 aliphatic heterocycles. The van der Waals surface area contributed by atoms with Crippen molar-refractivity contribution in [3.63, 3.8) is 0 Å². The zero-order valence-corrected chi connectivity index (χ0v) is 8.62. The lowest BCUT2D eigenvalue weighted by Crippen LogP contribution is -2.10. The second kappa shape index (κ2) is 4.05. The quantitative estimate of drug-likeness (QED) is 0.785. The van der Waals surface area contributed by atoms with Crippen LogP contribution >= 0.6 is 11.6 Å². The lowest BCUT2D eigenvalue weighted by Gasteiger charge is -2.05. The van der Waals surface area contributed by atoms with E-state index in [0.29, 0.717) is 0 Å². The minimum absolute atomic E-state index is 0.107. The molecule has 0 amide bonds. The highest BCUT2D eigenvalue weighted by Gasteiger charge is 2.16. The number of hydrogen-bond donors (Lipinski definition) is 2. The summed E-state index contributed by atoms with van der Waals surface area (Å²) in [6.07, 6.45) is 0. The van der Waals surface area contributed by atoms with Gasteiger partial charge in [-0.2, -0.15) is 8.42 Å². The molecule has 1 rings (SSSR count). The molecule has 0 heterocycles. The molecule has 0 saturated carbocycles. The molecule has 15 heavy (non-hydrogen) atoms. The standard InChI is InChI=1S/C7H5ClO6S/c8-4-1-2-6(14-15(11,12)13)5(3-4)7(9)10/h1-3H,(H,9,10)(H,11,12,13). The highest BCUT2D eigenvalue weighted by atomic mass is 35.5. The number of rotatable bonds is 3. The SMILES string of the molecule is O=C(O)c1cc(Cl)ccc1OS(=O)(=O)O. The summed E-state index contributed by atoms with van der Waals surface area (Å²) < 4.78 is 33.1. The van der Waals surface area contributed by atoms with Crippen LogP contribution in [0.1, 0.15) is 10.4 Å². The maximum atomic E-state index is 10.6. The number of halogens is 1. The summed E-state index contributed by atoms with van der Waals surface area (Å²) in [4.78, 5) is 10.6. The summed E-state index contributed by atoms with van der Waals surface area (Å²) in [6.45, 7) is 0. The monoisotopic (exact) mass is 252 g/mol. The van der Waals surface area contributed by atoms with Gasteiger partial charge in [-0.05, 0) is 18.2 Å². The van der Waals surface area contributed by atoms with Gasteiger partial charge in [0.05, 0.1) is 0 Å². The molecule has 1 aromatic rings. The molecule has 0 aliphatic rings. The lowest BCUT2D eigenvalue weighted by atomic mass is 10.2. The molecule has 0 aliphatic carbocycles. The van der Waals surface area contributed by atoms with Crippen LogP contribution in [0.4, 0.5) is 0 Å². The zero-order valence-electron chi connectivity index (χ0n) is 7.05. The number of hydrogen-bond acceptors (Lipinski definition) is 4. The van der Waals surface area contributed by atoms with Crippen molar-refractivity contribution in [2.75, 3.05) is 0 Å². The predicted octanol–water partition coefficient (Wildman–Crippen LogP) is 1.22. The molecule has 82 valence electrons. The van der Waals surface area contributed by atoms with Crippen LogP contribution in [0.25, 0.3) is 0 Å². The van der Waals surface area contributed by atoms with Crippen LogP contribution in [0.3, 0.4) is 0 Å². The van der Waals surface area contributed by atoms with Crippen molar-refractivity contribution in [2.45, 2.75) is 0 Å². The van der Waals surface area contributed by atoms with Crippen molar-refractivity contribution < 1.29 is 27.1 Å².